The minimum absolute atomic E-state index is 0.407. The molecule has 0 bridgehead atoms. The molecule has 0 radical (unpaired) electrons. The molecule has 0 aliphatic rings. The number of nitrogens with one attached hydrogen (secondary N) is 1. The minimum atomic E-state index is 0.407. The van der Waals surface area contributed by atoms with Crippen LogP contribution in [0, 0.1) is 0 Å². The van der Waals surface area contributed by atoms with E-state index in [1.165, 1.54) is 0 Å². The second kappa shape index (κ2) is 6.18. The van der Waals surface area contributed by atoms with Crippen molar-refractivity contribution in [2.24, 2.45) is 0 Å². The second-order valence-corrected chi connectivity index (χ2v) is 4.92. The van der Waals surface area contributed by atoms with E-state index < -0.39 is 0 Å². The first-order chi connectivity index (χ1) is 7.60. The molecule has 1 heterocycles. The number of hydrogen-bond acceptors (Lipinski definition) is 3. The average molecular weight is 286 g/mol. The molecule has 3 nitrogen and oxygen atoms in total. The highest BCUT2D eigenvalue weighted by Crippen LogP contribution is 2.28. The van der Waals surface area contributed by atoms with Crippen LogP contribution in [0.5, 0.6) is 0 Å². The van der Waals surface area contributed by atoms with Gasteiger partial charge in [-0.2, -0.15) is 0 Å². The summed E-state index contributed by atoms with van der Waals surface area (Å²) in [4.78, 5) is 9.06. The van der Waals surface area contributed by atoms with Gasteiger partial charge in [0.1, 0.15) is 11.6 Å². The van der Waals surface area contributed by atoms with E-state index in [1.54, 1.807) is 0 Å². The molecular formula is C12H20BrN3. The zero-order valence-electron chi connectivity index (χ0n) is 10.5. The van der Waals surface area contributed by atoms with Crippen molar-refractivity contribution < 1.29 is 0 Å². The van der Waals surface area contributed by atoms with Gasteiger partial charge in [0.25, 0.3) is 0 Å². The Kier molecular flexibility index (Phi) is 5.19. The molecule has 0 aliphatic carbocycles. The first-order valence-corrected chi connectivity index (χ1v) is 6.69. The van der Waals surface area contributed by atoms with Crippen molar-refractivity contribution in [3.8, 4) is 0 Å². The number of halogens is 1. The smallest absolute Gasteiger partial charge is 0.144 e. The van der Waals surface area contributed by atoms with E-state index in [0.717, 1.165) is 41.2 Å². The van der Waals surface area contributed by atoms with Crippen LogP contribution in [0.3, 0.4) is 0 Å². The lowest BCUT2D eigenvalue weighted by atomic mass is 10.1. The molecule has 16 heavy (non-hydrogen) atoms. The highest BCUT2D eigenvalue weighted by atomic mass is 79.9. The highest BCUT2D eigenvalue weighted by molar-refractivity contribution is 9.10. The molecular weight excluding hydrogens is 266 g/mol. The first-order valence-electron chi connectivity index (χ1n) is 5.90. The molecule has 0 spiro atoms. The number of hydrogen-bond donors (Lipinski definition) is 1. The summed E-state index contributed by atoms with van der Waals surface area (Å²) in [6, 6.07) is 0. The van der Waals surface area contributed by atoms with Crippen LogP contribution in [0.25, 0.3) is 0 Å². The van der Waals surface area contributed by atoms with Gasteiger partial charge in [0.2, 0.25) is 0 Å². The summed E-state index contributed by atoms with van der Waals surface area (Å²) in [7, 11) is 0. The van der Waals surface area contributed by atoms with Crippen molar-refractivity contribution in [2.75, 3.05) is 11.9 Å². The Morgan fingerprint density at radius 3 is 2.44 bits per heavy atom. The van der Waals surface area contributed by atoms with Crippen molar-refractivity contribution in [1.82, 2.24) is 9.97 Å². The third-order valence-electron chi connectivity index (χ3n) is 2.33. The Balaban J connectivity index is 3.10. The van der Waals surface area contributed by atoms with Crippen LogP contribution < -0.4 is 5.32 Å². The molecule has 1 aromatic heterocycles. The standard InChI is InChI=1S/C12H20BrN3/c1-5-7-14-12-10(13)11(8(3)4)15-9(6-2)16-12/h8H,5-7H2,1-4H3,(H,14,15,16). The summed E-state index contributed by atoms with van der Waals surface area (Å²) in [5.74, 6) is 2.24. The molecule has 0 saturated carbocycles. The lowest BCUT2D eigenvalue weighted by molar-refractivity contribution is 0.778. The summed E-state index contributed by atoms with van der Waals surface area (Å²) < 4.78 is 1.01. The van der Waals surface area contributed by atoms with Crippen molar-refractivity contribution >= 4 is 21.7 Å². The fourth-order valence-corrected chi connectivity index (χ4v) is 2.19. The maximum Gasteiger partial charge on any atom is 0.144 e. The highest BCUT2D eigenvalue weighted by Gasteiger charge is 2.13. The van der Waals surface area contributed by atoms with E-state index in [0.29, 0.717) is 5.92 Å². The summed E-state index contributed by atoms with van der Waals surface area (Å²) in [5.41, 5.74) is 1.09. The number of rotatable bonds is 5. The number of aromatic nitrogens is 2. The molecule has 90 valence electrons. The molecule has 0 fully saturated rings. The molecule has 1 aromatic rings. The molecule has 0 unspecified atom stereocenters. The Hall–Kier alpha value is -0.640. The van der Waals surface area contributed by atoms with Crippen LogP contribution in [0.1, 0.15) is 51.6 Å². The van der Waals surface area contributed by atoms with Gasteiger partial charge in [-0.1, -0.05) is 27.7 Å². The minimum Gasteiger partial charge on any atom is -0.369 e. The average Bonchev–Trinajstić information content (AvgIpc) is 2.27. The quantitative estimate of drug-likeness (QED) is 0.895. The lowest BCUT2D eigenvalue weighted by Gasteiger charge is -2.14. The third kappa shape index (κ3) is 3.17. The van der Waals surface area contributed by atoms with Crippen LogP contribution >= 0.6 is 15.9 Å². The fourth-order valence-electron chi connectivity index (χ4n) is 1.41. The van der Waals surface area contributed by atoms with Crippen LogP contribution in [0.2, 0.25) is 0 Å². The third-order valence-corrected chi connectivity index (χ3v) is 3.11. The van der Waals surface area contributed by atoms with E-state index in [-0.39, 0.29) is 0 Å². The van der Waals surface area contributed by atoms with E-state index >= 15 is 0 Å². The normalized spacial score (nSPS) is 10.9. The Morgan fingerprint density at radius 2 is 1.94 bits per heavy atom. The molecule has 1 N–H and O–H groups in total. The van der Waals surface area contributed by atoms with Gasteiger partial charge in [0.05, 0.1) is 10.2 Å². The maximum atomic E-state index is 4.56. The van der Waals surface area contributed by atoms with Gasteiger partial charge in [0, 0.05) is 13.0 Å². The van der Waals surface area contributed by atoms with E-state index in [2.05, 4.69) is 58.9 Å². The number of nitrogens with zero attached hydrogens (tertiary/aromatic N) is 2. The van der Waals surface area contributed by atoms with Crippen LogP contribution in [-0.4, -0.2) is 16.5 Å². The molecule has 0 aromatic carbocycles. The number of anilines is 1. The van der Waals surface area contributed by atoms with Gasteiger partial charge >= 0.3 is 0 Å². The SMILES string of the molecule is CCCNc1nc(CC)nc(C(C)C)c1Br. The van der Waals surface area contributed by atoms with Gasteiger partial charge in [0.15, 0.2) is 0 Å². The molecule has 0 saturated heterocycles. The molecule has 4 heteroatoms. The Morgan fingerprint density at radius 1 is 1.25 bits per heavy atom. The second-order valence-electron chi connectivity index (χ2n) is 4.12. The summed E-state index contributed by atoms with van der Waals surface area (Å²) in [6.45, 7) is 9.46. The van der Waals surface area contributed by atoms with Gasteiger partial charge in [-0.25, -0.2) is 9.97 Å². The molecule has 0 atom stereocenters. The van der Waals surface area contributed by atoms with Crippen molar-refractivity contribution in [1.29, 1.82) is 0 Å². The zero-order chi connectivity index (χ0) is 12.1. The molecule has 0 aliphatic heterocycles. The van der Waals surface area contributed by atoms with Gasteiger partial charge in [-0.15, -0.1) is 0 Å². The largest absolute Gasteiger partial charge is 0.369 e. The zero-order valence-corrected chi connectivity index (χ0v) is 12.1. The van der Waals surface area contributed by atoms with Crippen molar-refractivity contribution in [2.45, 2.75) is 46.5 Å². The van der Waals surface area contributed by atoms with E-state index in [9.17, 15) is 0 Å². The number of aryl methyl sites for hydroxylation is 1. The lowest BCUT2D eigenvalue weighted by Crippen LogP contribution is -2.09. The predicted octanol–water partition coefficient (Wildman–Crippen LogP) is 3.75. The summed E-state index contributed by atoms with van der Waals surface area (Å²) in [6.07, 6.45) is 1.96. The van der Waals surface area contributed by atoms with E-state index in [4.69, 9.17) is 0 Å². The topological polar surface area (TPSA) is 37.8 Å². The molecule has 0 amide bonds. The van der Waals surface area contributed by atoms with Gasteiger partial charge in [-0.3, -0.25) is 0 Å². The Bertz CT molecular complexity index is 350. The van der Waals surface area contributed by atoms with Crippen molar-refractivity contribution in [3.63, 3.8) is 0 Å². The monoisotopic (exact) mass is 285 g/mol. The first kappa shape index (κ1) is 13.4. The van der Waals surface area contributed by atoms with Crippen molar-refractivity contribution in [3.05, 3.63) is 16.0 Å². The van der Waals surface area contributed by atoms with Crippen LogP contribution in [0.15, 0.2) is 4.47 Å². The van der Waals surface area contributed by atoms with Crippen LogP contribution in [-0.2, 0) is 6.42 Å². The van der Waals surface area contributed by atoms with E-state index in [1.807, 2.05) is 0 Å². The van der Waals surface area contributed by atoms with Crippen LogP contribution in [0.4, 0.5) is 5.82 Å². The van der Waals surface area contributed by atoms with Gasteiger partial charge < -0.3 is 5.32 Å². The maximum absolute atomic E-state index is 4.56. The summed E-state index contributed by atoms with van der Waals surface area (Å²) >= 11 is 3.59. The fraction of sp³-hybridized carbons (Fsp3) is 0.667. The molecule has 1 rings (SSSR count). The summed E-state index contributed by atoms with van der Waals surface area (Å²) in [5, 5.41) is 3.33. The predicted molar refractivity (Wildman–Crippen MR) is 72.0 cm³/mol. The Labute approximate surface area is 106 Å². The van der Waals surface area contributed by atoms with Gasteiger partial charge in [-0.05, 0) is 28.3 Å².